The fourth-order valence-electron chi connectivity index (χ4n) is 2.01. The van der Waals surface area contributed by atoms with Gasteiger partial charge in [0, 0.05) is 13.1 Å². The molecule has 0 bridgehead atoms. The lowest BCUT2D eigenvalue weighted by atomic mass is 10.2. The number of aromatic nitrogens is 1. The second kappa shape index (κ2) is 5.11. The van der Waals surface area contributed by atoms with Crippen LogP contribution in [-0.2, 0) is 0 Å². The predicted octanol–water partition coefficient (Wildman–Crippen LogP) is 3.78. The fraction of sp³-hybridized carbons (Fsp3) is 0.545. The van der Waals surface area contributed by atoms with E-state index in [-0.39, 0.29) is 0 Å². The third-order valence-corrected chi connectivity index (χ3v) is 3.44. The van der Waals surface area contributed by atoms with Gasteiger partial charge in [-0.3, -0.25) is 0 Å². The van der Waals surface area contributed by atoms with Crippen molar-refractivity contribution in [1.82, 2.24) is 4.98 Å². The molecule has 2 rings (SSSR count). The molecule has 16 heavy (non-hydrogen) atoms. The number of hydrogen-bond acceptors (Lipinski definition) is 3. The molecule has 0 aliphatic heterocycles. The SMILES string of the molecule is CNc1nc(NC2CCCC2)c(Cl)cc1Cl. The minimum atomic E-state index is 0.496. The molecule has 1 heterocycles. The molecule has 5 heteroatoms. The zero-order chi connectivity index (χ0) is 11.5. The van der Waals surface area contributed by atoms with E-state index < -0.39 is 0 Å². The first kappa shape index (κ1) is 11.8. The molecule has 1 fully saturated rings. The maximum absolute atomic E-state index is 6.10. The predicted molar refractivity (Wildman–Crippen MR) is 69.7 cm³/mol. The van der Waals surface area contributed by atoms with Crippen molar-refractivity contribution in [2.75, 3.05) is 17.7 Å². The van der Waals surface area contributed by atoms with Crippen LogP contribution in [0.25, 0.3) is 0 Å². The second-order valence-corrected chi connectivity index (χ2v) is 4.84. The molecular formula is C11H15Cl2N3. The first-order chi connectivity index (χ1) is 7.70. The van der Waals surface area contributed by atoms with Crippen LogP contribution >= 0.6 is 23.2 Å². The molecule has 1 aliphatic rings. The Morgan fingerprint density at radius 1 is 1.19 bits per heavy atom. The lowest BCUT2D eigenvalue weighted by molar-refractivity contribution is 0.751. The fourth-order valence-corrected chi connectivity index (χ4v) is 2.51. The normalized spacial score (nSPS) is 16.4. The van der Waals surface area contributed by atoms with Gasteiger partial charge in [-0.1, -0.05) is 36.0 Å². The van der Waals surface area contributed by atoms with Gasteiger partial charge < -0.3 is 10.6 Å². The Bertz CT molecular complexity index is 376. The molecule has 2 N–H and O–H groups in total. The van der Waals surface area contributed by atoms with Crippen LogP contribution in [0.4, 0.5) is 11.6 Å². The Balaban J connectivity index is 2.18. The Kier molecular flexibility index (Phi) is 3.77. The van der Waals surface area contributed by atoms with Crippen LogP contribution in [0.2, 0.25) is 10.0 Å². The number of nitrogens with one attached hydrogen (secondary N) is 2. The van der Waals surface area contributed by atoms with Crippen molar-refractivity contribution in [3.05, 3.63) is 16.1 Å². The molecule has 0 unspecified atom stereocenters. The van der Waals surface area contributed by atoms with Gasteiger partial charge in [0.15, 0.2) is 0 Å². The summed E-state index contributed by atoms with van der Waals surface area (Å²) in [4.78, 5) is 4.37. The quantitative estimate of drug-likeness (QED) is 0.868. The van der Waals surface area contributed by atoms with E-state index in [1.807, 2.05) is 0 Å². The standard InChI is InChI=1S/C11H15Cl2N3/c1-14-10-8(12)6-9(13)11(16-10)15-7-4-2-3-5-7/h6-7H,2-5H2,1H3,(H2,14,15,16). The molecule has 0 radical (unpaired) electrons. The average Bonchev–Trinajstić information content (AvgIpc) is 2.75. The third kappa shape index (κ3) is 2.53. The van der Waals surface area contributed by atoms with E-state index in [9.17, 15) is 0 Å². The van der Waals surface area contributed by atoms with Crippen LogP contribution in [0.1, 0.15) is 25.7 Å². The van der Waals surface area contributed by atoms with Gasteiger partial charge in [-0.15, -0.1) is 0 Å². The number of hydrogen-bond donors (Lipinski definition) is 2. The van der Waals surface area contributed by atoms with E-state index in [1.165, 1.54) is 25.7 Å². The second-order valence-electron chi connectivity index (χ2n) is 4.02. The van der Waals surface area contributed by atoms with E-state index in [1.54, 1.807) is 13.1 Å². The molecule has 0 spiro atoms. The highest BCUT2D eigenvalue weighted by molar-refractivity contribution is 6.37. The monoisotopic (exact) mass is 259 g/mol. The summed E-state index contributed by atoms with van der Waals surface area (Å²) < 4.78 is 0. The van der Waals surface area contributed by atoms with Crippen molar-refractivity contribution < 1.29 is 0 Å². The summed E-state index contributed by atoms with van der Waals surface area (Å²) >= 11 is 12.1. The molecule has 88 valence electrons. The van der Waals surface area contributed by atoms with Crippen molar-refractivity contribution >= 4 is 34.8 Å². The molecule has 1 saturated carbocycles. The molecule has 0 atom stereocenters. The number of anilines is 2. The summed E-state index contributed by atoms with van der Waals surface area (Å²) in [7, 11) is 1.79. The largest absolute Gasteiger partial charge is 0.372 e. The van der Waals surface area contributed by atoms with E-state index in [0.29, 0.717) is 21.9 Å². The van der Waals surface area contributed by atoms with Crippen molar-refractivity contribution in [2.24, 2.45) is 0 Å². The highest BCUT2D eigenvalue weighted by atomic mass is 35.5. The van der Waals surface area contributed by atoms with Gasteiger partial charge in [0.25, 0.3) is 0 Å². The van der Waals surface area contributed by atoms with Gasteiger partial charge in [0.05, 0.1) is 10.0 Å². The maximum atomic E-state index is 6.10. The van der Waals surface area contributed by atoms with Crippen LogP contribution in [0.15, 0.2) is 6.07 Å². The summed E-state index contributed by atoms with van der Waals surface area (Å²) in [6.07, 6.45) is 4.94. The van der Waals surface area contributed by atoms with Gasteiger partial charge >= 0.3 is 0 Å². The summed E-state index contributed by atoms with van der Waals surface area (Å²) in [5, 5.41) is 7.44. The van der Waals surface area contributed by atoms with E-state index >= 15 is 0 Å². The van der Waals surface area contributed by atoms with Crippen molar-refractivity contribution in [1.29, 1.82) is 0 Å². The number of halogens is 2. The molecule has 0 saturated heterocycles. The Morgan fingerprint density at radius 3 is 2.44 bits per heavy atom. The molecule has 1 aromatic rings. The molecule has 0 amide bonds. The summed E-state index contributed by atoms with van der Waals surface area (Å²) in [6, 6.07) is 2.22. The first-order valence-electron chi connectivity index (χ1n) is 5.51. The van der Waals surface area contributed by atoms with Crippen LogP contribution < -0.4 is 10.6 Å². The highest BCUT2D eigenvalue weighted by Gasteiger charge is 2.17. The van der Waals surface area contributed by atoms with Gasteiger partial charge in [-0.2, -0.15) is 0 Å². The third-order valence-electron chi connectivity index (χ3n) is 2.86. The first-order valence-corrected chi connectivity index (χ1v) is 6.26. The molecular weight excluding hydrogens is 245 g/mol. The topological polar surface area (TPSA) is 37.0 Å². The van der Waals surface area contributed by atoms with Gasteiger partial charge in [-0.05, 0) is 18.9 Å². The minimum Gasteiger partial charge on any atom is -0.372 e. The summed E-state index contributed by atoms with van der Waals surface area (Å²) in [6.45, 7) is 0. The van der Waals surface area contributed by atoms with Crippen LogP contribution in [0.5, 0.6) is 0 Å². The summed E-state index contributed by atoms with van der Waals surface area (Å²) in [5.41, 5.74) is 0. The molecule has 1 aromatic heterocycles. The number of pyridine rings is 1. The van der Waals surface area contributed by atoms with E-state index in [0.717, 1.165) is 5.82 Å². The molecule has 0 aromatic carbocycles. The Labute approximate surface area is 106 Å². The van der Waals surface area contributed by atoms with Crippen LogP contribution in [0.3, 0.4) is 0 Å². The lowest BCUT2D eigenvalue weighted by Gasteiger charge is -2.15. The number of nitrogens with zero attached hydrogens (tertiary/aromatic N) is 1. The molecule has 3 nitrogen and oxygen atoms in total. The maximum Gasteiger partial charge on any atom is 0.147 e. The Morgan fingerprint density at radius 2 is 1.81 bits per heavy atom. The van der Waals surface area contributed by atoms with Gasteiger partial charge in [0.2, 0.25) is 0 Å². The zero-order valence-corrected chi connectivity index (χ0v) is 10.7. The Hall–Kier alpha value is -0.670. The summed E-state index contributed by atoms with van der Waals surface area (Å²) in [5.74, 6) is 1.38. The van der Waals surface area contributed by atoms with Crippen LogP contribution in [-0.4, -0.2) is 18.1 Å². The van der Waals surface area contributed by atoms with Crippen molar-refractivity contribution in [2.45, 2.75) is 31.7 Å². The van der Waals surface area contributed by atoms with E-state index in [2.05, 4.69) is 15.6 Å². The minimum absolute atomic E-state index is 0.496. The lowest BCUT2D eigenvalue weighted by Crippen LogP contribution is -2.16. The highest BCUT2D eigenvalue weighted by Crippen LogP contribution is 2.31. The van der Waals surface area contributed by atoms with E-state index in [4.69, 9.17) is 23.2 Å². The van der Waals surface area contributed by atoms with Crippen molar-refractivity contribution in [3.8, 4) is 0 Å². The van der Waals surface area contributed by atoms with Gasteiger partial charge in [-0.25, -0.2) is 4.98 Å². The van der Waals surface area contributed by atoms with Crippen LogP contribution in [0, 0.1) is 0 Å². The zero-order valence-electron chi connectivity index (χ0n) is 9.19. The average molecular weight is 260 g/mol. The smallest absolute Gasteiger partial charge is 0.147 e. The van der Waals surface area contributed by atoms with Crippen molar-refractivity contribution in [3.63, 3.8) is 0 Å². The molecule has 1 aliphatic carbocycles. The van der Waals surface area contributed by atoms with Gasteiger partial charge in [0.1, 0.15) is 11.6 Å². The number of rotatable bonds is 3.